The van der Waals surface area contributed by atoms with Crippen LogP contribution in [0, 0.1) is 22.6 Å². The van der Waals surface area contributed by atoms with Gasteiger partial charge in [-0.05, 0) is 86.1 Å². The zero-order valence-electron chi connectivity index (χ0n) is 25.6. The van der Waals surface area contributed by atoms with Crippen molar-refractivity contribution in [3.8, 4) is 34.3 Å². The standard InChI is InChI=1S/C36H31FN10/c37-26-5-8-29(43-20-26)25-16-32-30(42-19-25)17-31(28-2-1-12-41-35(28)39)47(32)27-6-3-24(4-7-27)21-45-14-10-36(11-15-45)22-46(23-36)34-9-13-40-33(18-38)44-34/h1-9,12-13,16-17,19-20H,10-11,14-15,21-23H2,(H2,39,41). The van der Waals surface area contributed by atoms with Gasteiger partial charge in [0.05, 0.1) is 28.6 Å². The lowest BCUT2D eigenvalue weighted by Gasteiger charge is -2.54. The van der Waals surface area contributed by atoms with Crippen LogP contribution in [0.1, 0.15) is 24.2 Å². The van der Waals surface area contributed by atoms with Gasteiger partial charge >= 0.3 is 0 Å². The third-order valence-electron chi connectivity index (χ3n) is 9.43. The fraction of sp³-hybridized carbons (Fsp3) is 0.222. The number of fused-ring (bicyclic) bond motifs is 1. The number of aromatic nitrogens is 6. The SMILES string of the molecule is N#Cc1nccc(N2CC3(CCN(Cc4ccc(-n5c(-c6cccnc6N)cc6ncc(-c7ccc(F)cn7)cc65)cc4)CC3)C2)n1. The zero-order chi connectivity index (χ0) is 32.0. The van der Waals surface area contributed by atoms with Crippen molar-refractivity contribution in [2.45, 2.75) is 19.4 Å². The molecule has 0 atom stereocenters. The lowest BCUT2D eigenvalue weighted by atomic mass is 9.72. The molecule has 10 nitrogen and oxygen atoms in total. The highest BCUT2D eigenvalue weighted by molar-refractivity contribution is 5.90. The lowest BCUT2D eigenvalue weighted by Crippen LogP contribution is -2.60. The lowest BCUT2D eigenvalue weighted by molar-refractivity contribution is 0.0719. The summed E-state index contributed by atoms with van der Waals surface area (Å²) in [6.45, 7) is 4.91. The fourth-order valence-corrected chi connectivity index (χ4v) is 6.89. The molecule has 1 aromatic carbocycles. The monoisotopic (exact) mass is 622 g/mol. The maximum Gasteiger partial charge on any atom is 0.234 e. The number of likely N-dealkylation sites (tertiary alicyclic amines) is 1. The van der Waals surface area contributed by atoms with E-state index in [2.05, 4.69) is 58.6 Å². The molecule has 0 saturated carbocycles. The third kappa shape index (κ3) is 5.42. The molecule has 8 rings (SSSR count). The van der Waals surface area contributed by atoms with E-state index in [1.165, 1.54) is 17.8 Å². The first kappa shape index (κ1) is 28.7. The number of halogens is 1. The van der Waals surface area contributed by atoms with E-state index in [1.807, 2.05) is 36.4 Å². The van der Waals surface area contributed by atoms with Crippen molar-refractivity contribution in [1.82, 2.24) is 34.4 Å². The average molecular weight is 623 g/mol. The summed E-state index contributed by atoms with van der Waals surface area (Å²) >= 11 is 0. The van der Waals surface area contributed by atoms with Gasteiger partial charge in [-0.25, -0.2) is 19.3 Å². The van der Waals surface area contributed by atoms with E-state index in [0.717, 1.165) is 84.9 Å². The van der Waals surface area contributed by atoms with E-state index < -0.39 is 0 Å². The Hall–Kier alpha value is -5.73. The molecule has 0 amide bonds. The van der Waals surface area contributed by atoms with Gasteiger partial charge in [0, 0.05) is 60.5 Å². The van der Waals surface area contributed by atoms with Crippen molar-refractivity contribution >= 4 is 22.7 Å². The van der Waals surface area contributed by atoms with Crippen molar-refractivity contribution < 1.29 is 4.39 Å². The molecular formula is C36H31FN10. The number of hydrogen-bond donors (Lipinski definition) is 1. The number of nitriles is 1. The molecule has 232 valence electrons. The van der Waals surface area contributed by atoms with E-state index in [9.17, 15) is 4.39 Å². The Balaban J connectivity index is 1.02. The molecule has 11 heteroatoms. The van der Waals surface area contributed by atoms with Crippen LogP contribution in [0.25, 0.3) is 39.2 Å². The molecule has 0 bridgehead atoms. The second-order valence-corrected chi connectivity index (χ2v) is 12.4. The molecule has 2 saturated heterocycles. The summed E-state index contributed by atoms with van der Waals surface area (Å²) in [7, 11) is 0. The summed E-state index contributed by atoms with van der Waals surface area (Å²) in [5.41, 5.74) is 13.7. The van der Waals surface area contributed by atoms with Crippen LogP contribution in [0.2, 0.25) is 0 Å². The highest BCUT2D eigenvalue weighted by atomic mass is 19.1. The van der Waals surface area contributed by atoms with E-state index in [0.29, 0.717) is 16.9 Å². The van der Waals surface area contributed by atoms with E-state index in [1.54, 1.807) is 24.7 Å². The van der Waals surface area contributed by atoms with Gasteiger partial charge in [-0.1, -0.05) is 12.1 Å². The van der Waals surface area contributed by atoms with Crippen LogP contribution >= 0.6 is 0 Å². The second kappa shape index (κ2) is 11.6. The van der Waals surface area contributed by atoms with Crippen LogP contribution in [-0.2, 0) is 6.54 Å². The van der Waals surface area contributed by atoms with Crippen LogP contribution in [0.5, 0.6) is 0 Å². The minimum absolute atomic E-state index is 0.218. The highest BCUT2D eigenvalue weighted by Gasteiger charge is 2.45. The van der Waals surface area contributed by atoms with Gasteiger partial charge in [0.2, 0.25) is 5.82 Å². The minimum atomic E-state index is -0.381. The van der Waals surface area contributed by atoms with Gasteiger partial charge in [0.1, 0.15) is 23.5 Å². The first-order valence-corrected chi connectivity index (χ1v) is 15.6. The molecule has 47 heavy (non-hydrogen) atoms. The quantitative estimate of drug-likeness (QED) is 0.251. The third-order valence-corrected chi connectivity index (χ3v) is 9.43. The summed E-state index contributed by atoms with van der Waals surface area (Å²) in [6.07, 6.45) is 8.60. The Labute approximate surface area is 271 Å². The molecule has 6 aromatic rings. The molecule has 5 aromatic heterocycles. The van der Waals surface area contributed by atoms with Crippen molar-refractivity contribution in [3.63, 3.8) is 0 Å². The number of nitrogen functional groups attached to an aromatic ring is 1. The molecule has 2 fully saturated rings. The molecule has 0 aliphatic carbocycles. The summed E-state index contributed by atoms with van der Waals surface area (Å²) in [4.78, 5) is 26.5. The Morgan fingerprint density at radius 3 is 2.47 bits per heavy atom. The molecule has 2 aliphatic rings. The number of hydrogen-bond acceptors (Lipinski definition) is 9. The maximum atomic E-state index is 13.6. The number of anilines is 2. The number of nitrogens with zero attached hydrogens (tertiary/aromatic N) is 9. The first-order chi connectivity index (χ1) is 23.0. The molecule has 2 aliphatic heterocycles. The van der Waals surface area contributed by atoms with Crippen LogP contribution in [0.15, 0.2) is 91.5 Å². The summed E-state index contributed by atoms with van der Waals surface area (Å²) < 4.78 is 15.7. The zero-order valence-corrected chi connectivity index (χ0v) is 25.6. The number of rotatable bonds is 6. The molecule has 0 unspecified atom stereocenters. The molecule has 1 spiro atoms. The second-order valence-electron chi connectivity index (χ2n) is 12.4. The smallest absolute Gasteiger partial charge is 0.234 e. The maximum absolute atomic E-state index is 13.6. The Bertz CT molecular complexity index is 2120. The predicted molar refractivity (Wildman–Crippen MR) is 178 cm³/mol. The van der Waals surface area contributed by atoms with Gasteiger partial charge in [-0.2, -0.15) is 5.26 Å². The molecule has 0 radical (unpaired) electrons. The molecule has 2 N–H and O–H groups in total. The van der Waals surface area contributed by atoms with Gasteiger partial charge < -0.3 is 15.2 Å². The fourth-order valence-electron chi connectivity index (χ4n) is 6.89. The van der Waals surface area contributed by atoms with Gasteiger partial charge in [0.15, 0.2) is 0 Å². The Kier molecular flexibility index (Phi) is 7.07. The average Bonchev–Trinajstić information content (AvgIpc) is 3.47. The number of nitrogens with two attached hydrogens (primary N) is 1. The van der Waals surface area contributed by atoms with Crippen molar-refractivity contribution in [2.24, 2.45) is 5.41 Å². The summed E-state index contributed by atoms with van der Waals surface area (Å²) in [5.74, 6) is 1.12. The largest absolute Gasteiger partial charge is 0.383 e. The Morgan fingerprint density at radius 2 is 1.72 bits per heavy atom. The normalized spacial score (nSPS) is 15.9. The van der Waals surface area contributed by atoms with E-state index in [4.69, 9.17) is 16.0 Å². The van der Waals surface area contributed by atoms with Crippen LogP contribution < -0.4 is 10.6 Å². The van der Waals surface area contributed by atoms with Gasteiger partial charge in [-0.3, -0.25) is 14.9 Å². The Morgan fingerprint density at radius 1 is 0.894 bits per heavy atom. The minimum Gasteiger partial charge on any atom is -0.383 e. The van der Waals surface area contributed by atoms with E-state index >= 15 is 0 Å². The van der Waals surface area contributed by atoms with Crippen LogP contribution in [-0.4, -0.2) is 60.6 Å². The predicted octanol–water partition coefficient (Wildman–Crippen LogP) is 5.63. The van der Waals surface area contributed by atoms with E-state index in [-0.39, 0.29) is 11.6 Å². The first-order valence-electron chi connectivity index (χ1n) is 15.6. The van der Waals surface area contributed by atoms with Crippen LogP contribution in [0.4, 0.5) is 16.0 Å². The number of benzene rings is 1. The highest BCUT2D eigenvalue weighted by Crippen LogP contribution is 2.42. The summed E-state index contributed by atoms with van der Waals surface area (Å²) in [6, 6.07) is 23.5. The summed E-state index contributed by atoms with van der Waals surface area (Å²) in [5, 5.41) is 9.14. The van der Waals surface area contributed by atoms with Crippen LogP contribution in [0.3, 0.4) is 0 Å². The van der Waals surface area contributed by atoms with Crippen molar-refractivity contribution in [2.75, 3.05) is 36.8 Å². The number of pyridine rings is 3. The topological polar surface area (TPSA) is 126 Å². The van der Waals surface area contributed by atoms with Gasteiger partial charge in [0.25, 0.3) is 0 Å². The van der Waals surface area contributed by atoms with Crippen molar-refractivity contribution in [3.05, 3.63) is 109 Å². The molecule has 7 heterocycles. The number of piperidine rings is 1. The van der Waals surface area contributed by atoms with Gasteiger partial charge in [-0.15, -0.1) is 0 Å². The molecular weight excluding hydrogens is 591 g/mol. The van der Waals surface area contributed by atoms with Crippen molar-refractivity contribution in [1.29, 1.82) is 5.26 Å².